The van der Waals surface area contributed by atoms with Crippen LogP contribution in [-0.4, -0.2) is 37.7 Å². The van der Waals surface area contributed by atoms with Crippen LogP contribution in [0.25, 0.3) is 0 Å². The molecule has 0 saturated carbocycles. The molecular formula is C8H18N2S. The predicted molar refractivity (Wildman–Crippen MR) is 52.2 cm³/mol. The van der Waals surface area contributed by atoms with Crippen molar-refractivity contribution >= 4 is 11.8 Å². The first-order chi connectivity index (χ1) is 5.38. The third-order valence-electron chi connectivity index (χ3n) is 2.25. The van der Waals surface area contributed by atoms with Crippen LogP contribution >= 0.6 is 11.8 Å². The van der Waals surface area contributed by atoms with E-state index in [1.807, 2.05) is 11.8 Å². The van der Waals surface area contributed by atoms with Crippen molar-refractivity contribution in [2.45, 2.75) is 13.0 Å². The van der Waals surface area contributed by atoms with E-state index < -0.39 is 0 Å². The number of likely N-dealkylation sites (N-methyl/N-ethyl adjacent to an activating group) is 1. The molecule has 1 aliphatic rings. The average Bonchev–Trinajstić information content (AvgIpc) is 2.47. The highest BCUT2D eigenvalue weighted by Crippen LogP contribution is 2.14. The minimum atomic E-state index is 0.703. The van der Waals surface area contributed by atoms with Gasteiger partial charge in [-0.1, -0.05) is 6.92 Å². The first kappa shape index (κ1) is 9.36. The summed E-state index contributed by atoms with van der Waals surface area (Å²) in [5.41, 5.74) is 0. The summed E-state index contributed by atoms with van der Waals surface area (Å²) in [5.74, 6) is 3.38. The second-order valence-electron chi connectivity index (χ2n) is 2.97. The van der Waals surface area contributed by atoms with Gasteiger partial charge in [0, 0.05) is 19.1 Å². The summed E-state index contributed by atoms with van der Waals surface area (Å²) in [6.45, 7) is 4.56. The van der Waals surface area contributed by atoms with Crippen LogP contribution in [0.15, 0.2) is 0 Å². The summed E-state index contributed by atoms with van der Waals surface area (Å²) in [6.07, 6.45) is 0. The highest BCUT2D eigenvalue weighted by atomic mass is 32.2. The van der Waals surface area contributed by atoms with Gasteiger partial charge in [-0.05, 0) is 24.5 Å². The average molecular weight is 174 g/mol. The fourth-order valence-corrected chi connectivity index (χ4v) is 2.40. The highest BCUT2D eigenvalue weighted by molar-refractivity contribution is 7.99. The molecule has 1 saturated heterocycles. The molecule has 11 heavy (non-hydrogen) atoms. The van der Waals surface area contributed by atoms with Crippen LogP contribution in [0, 0.1) is 5.92 Å². The maximum Gasteiger partial charge on any atom is 0.0237 e. The molecule has 0 aromatic rings. The minimum Gasteiger partial charge on any atom is -0.315 e. The molecule has 0 bridgehead atoms. The van der Waals surface area contributed by atoms with Gasteiger partial charge in [0.05, 0.1) is 0 Å². The van der Waals surface area contributed by atoms with Crippen molar-refractivity contribution in [3.8, 4) is 0 Å². The Hall–Kier alpha value is 0.270. The third kappa shape index (κ3) is 2.65. The smallest absolute Gasteiger partial charge is 0.0237 e. The summed E-state index contributed by atoms with van der Waals surface area (Å²) in [4.78, 5) is 0. The molecular weight excluding hydrogens is 156 g/mol. The standard InChI is InChI=1S/C8H18N2S/c1-3-11-6-7-4-10-5-8(7)9-2/h7-10H,3-6H2,1-2H3. The van der Waals surface area contributed by atoms with Crippen LogP contribution < -0.4 is 10.6 Å². The minimum absolute atomic E-state index is 0.703. The van der Waals surface area contributed by atoms with Crippen LogP contribution in [-0.2, 0) is 0 Å². The van der Waals surface area contributed by atoms with E-state index in [4.69, 9.17) is 0 Å². The molecule has 0 aliphatic carbocycles. The Morgan fingerprint density at radius 1 is 1.55 bits per heavy atom. The second-order valence-corrected chi connectivity index (χ2v) is 4.29. The molecule has 0 amide bonds. The Bertz CT molecular complexity index is 108. The maximum atomic E-state index is 3.41. The zero-order valence-electron chi connectivity index (χ0n) is 7.39. The molecule has 0 spiro atoms. The van der Waals surface area contributed by atoms with Gasteiger partial charge in [0.15, 0.2) is 0 Å². The molecule has 66 valence electrons. The Labute approximate surface area is 73.5 Å². The fourth-order valence-electron chi connectivity index (χ4n) is 1.52. The summed E-state index contributed by atoms with van der Waals surface area (Å²) < 4.78 is 0. The van der Waals surface area contributed by atoms with Gasteiger partial charge in [-0.25, -0.2) is 0 Å². The van der Waals surface area contributed by atoms with E-state index in [0.717, 1.165) is 12.5 Å². The van der Waals surface area contributed by atoms with Crippen molar-refractivity contribution < 1.29 is 0 Å². The Morgan fingerprint density at radius 2 is 2.36 bits per heavy atom. The molecule has 0 aromatic heterocycles. The van der Waals surface area contributed by atoms with Gasteiger partial charge in [0.2, 0.25) is 0 Å². The molecule has 1 fully saturated rings. The Morgan fingerprint density at radius 3 is 3.00 bits per heavy atom. The van der Waals surface area contributed by atoms with Crippen LogP contribution in [0.5, 0.6) is 0 Å². The fraction of sp³-hybridized carbons (Fsp3) is 1.00. The first-order valence-electron chi connectivity index (χ1n) is 4.34. The molecule has 1 rings (SSSR count). The molecule has 2 N–H and O–H groups in total. The van der Waals surface area contributed by atoms with E-state index in [9.17, 15) is 0 Å². The van der Waals surface area contributed by atoms with E-state index in [1.54, 1.807) is 0 Å². The summed E-state index contributed by atoms with van der Waals surface area (Å²) >= 11 is 2.04. The first-order valence-corrected chi connectivity index (χ1v) is 5.49. The van der Waals surface area contributed by atoms with Gasteiger partial charge >= 0.3 is 0 Å². The quantitative estimate of drug-likeness (QED) is 0.651. The normalized spacial score (nSPS) is 31.1. The molecule has 1 heterocycles. The lowest BCUT2D eigenvalue weighted by Crippen LogP contribution is -2.34. The number of hydrogen-bond acceptors (Lipinski definition) is 3. The molecule has 3 heteroatoms. The summed E-state index contributed by atoms with van der Waals surface area (Å²) in [7, 11) is 2.06. The molecule has 0 aromatic carbocycles. The third-order valence-corrected chi connectivity index (χ3v) is 3.32. The van der Waals surface area contributed by atoms with E-state index >= 15 is 0 Å². The topological polar surface area (TPSA) is 24.1 Å². The van der Waals surface area contributed by atoms with Gasteiger partial charge in [-0.2, -0.15) is 11.8 Å². The van der Waals surface area contributed by atoms with E-state index in [0.29, 0.717) is 6.04 Å². The van der Waals surface area contributed by atoms with Crippen LogP contribution in [0.3, 0.4) is 0 Å². The largest absolute Gasteiger partial charge is 0.315 e. The summed E-state index contributed by atoms with van der Waals surface area (Å²) in [5, 5.41) is 6.75. The summed E-state index contributed by atoms with van der Waals surface area (Å²) in [6, 6.07) is 0.703. The van der Waals surface area contributed by atoms with Crippen molar-refractivity contribution in [1.29, 1.82) is 0 Å². The second kappa shape index (κ2) is 5.01. The lowest BCUT2D eigenvalue weighted by atomic mass is 10.1. The van der Waals surface area contributed by atoms with Gasteiger partial charge in [-0.3, -0.25) is 0 Å². The van der Waals surface area contributed by atoms with Crippen molar-refractivity contribution in [2.24, 2.45) is 5.92 Å². The Balaban J connectivity index is 2.20. The van der Waals surface area contributed by atoms with Gasteiger partial charge in [-0.15, -0.1) is 0 Å². The van der Waals surface area contributed by atoms with Gasteiger partial charge in [0.1, 0.15) is 0 Å². The van der Waals surface area contributed by atoms with Crippen LogP contribution in [0.4, 0.5) is 0 Å². The number of nitrogens with one attached hydrogen (secondary N) is 2. The zero-order valence-corrected chi connectivity index (χ0v) is 8.21. The van der Waals surface area contributed by atoms with Crippen molar-refractivity contribution in [3.63, 3.8) is 0 Å². The number of rotatable bonds is 4. The SMILES string of the molecule is CCSCC1CNCC1NC. The Kier molecular flexibility index (Phi) is 4.26. The van der Waals surface area contributed by atoms with Crippen LogP contribution in [0.2, 0.25) is 0 Å². The van der Waals surface area contributed by atoms with Crippen molar-refractivity contribution in [2.75, 3.05) is 31.6 Å². The lowest BCUT2D eigenvalue weighted by molar-refractivity contribution is 0.497. The van der Waals surface area contributed by atoms with Gasteiger partial charge < -0.3 is 10.6 Å². The molecule has 0 radical (unpaired) electrons. The number of hydrogen-bond donors (Lipinski definition) is 2. The maximum absolute atomic E-state index is 3.41. The van der Waals surface area contributed by atoms with Crippen molar-refractivity contribution in [3.05, 3.63) is 0 Å². The molecule has 2 nitrogen and oxygen atoms in total. The molecule has 2 atom stereocenters. The van der Waals surface area contributed by atoms with Crippen LogP contribution in [0.1, 0.15) is 6.92 Å². The number of thioether (sulfide) groups is 1. The molecule has 2 unspecified atom stereocenters. The van der Waals surface area contributed by atoms with E-state index in [2.05, 4.69) is 24.6 Å². The van der Waals surface area contributed by atoms with E-state index in [1.165, 1.54) is 18.1 Å². The van der Waals surface area contributed by atoms with Crippen molar-refractivity contribution in [1.82, 2.24) is 10.6 Å². The lowest BCUT2D eigenvalue weighted by Gasteiger charge is -2.16. The van der Waals surface area contributed by atoms with Gasteiger partial charge in [0.25, 0.3) is 0 Å². The predicted octanol–water partition coefficient (Wildman–Crippen LogP) is 0.547. The molecule has 1 aliphatic heterocycles. The monoisotopic (exact) mass is 174 g/mol. The zero-order chi connectivity index (χ0) is 8.10. The van der Waals surface area contributed by atoms with E-state index in [-0.39, 0.29) is 0 Å². The highest BCUT2D eigenvalue weighted by Gasteiger charge is 2.24.